The van der Waals surface area contributed by atoms with Crippen LogP contribution >= 0.6 is 34.8 Å². The summed E-state index contributed by atoms with van der Waals surface area (Å²) >= 11 is 18.3. The van der Waals surface area contributed by atoms with Crippen LogP contribution in [0.2, 0.25) is 15.1 Å². The number of benzene rings is 2. The molecule has 1 saturated heterocycles. The first kappa shape index (κ1) is 19.4. The van der Waals surface area contributed by atoms with Gasteiger partial charge in [-0.1, -0.05) is 34.8 Å². The quantitative estimate of drug-likeness (QED) is 0.596. The first-order valence-electron chi connectivity index (χ1n) is 8.87. The topological polar surface area (TPSA) is 59.6 Å². The van der Waals surface area contributed by atoms with Crippen molar-refractivity contribution >= 4 is 57.4 Å². The van der Waals surface area contributed by atoms with Crippen molar-refractivity contribution in [3.63, 3.8) is 0 Å². The van der Waals surface area contributed by atoms with Crippen LogP contribution in [0.5, 0.6) is 0 Å². The summed E-state index contributed by atoms with van der Waals surface area (Å²) in [7, 11) is 0. The molecule has 0 amide bonds. The molecule has 0 radical (unpaired) electrons. The molecule has 2 heterocycles. The van der Waals surface area contributed by atoms with Gasteiger partial charge < -0.3 is 15.0 Å². The van der Waals surface area contributed by atoms with Crippen molar-refractivity contribution in [2.75, 3.05) is 31.1 Å². The predicted octanol–water partition coefficient (Wildman–Crippen LogP) is 5.08. The zero-order valence-electron chi connectivity index (χ0n) is 14.8. The maximum atomic E-state index is 12.1. The lowest BCUT2D eigenvalue weighted by Gasteiger charge is -2.38. The lowest BCUT2D eigenvalue weighted by Crippen LogP contribution is -2.49. The number of nitrogens with one attached hydrogen (secondary N) is 1. The highest BCUT2D eigenvalue weighted by molar-refractivity contribution is 6.42. The second kappa shape index (κ2) is 7.84. The Morgan fingerprint density at radius 3 is 2.43 bits per heavy atom. The Hall–Kier alpha value is -1.92. The van der Waals surface area contributed by atoms with Crippen molar-refractivity contribution in [2.24, 2.45) is 0 Å². The van der Waals surface area contributed by atoms with Gasteiger partial charge in [0.15, 0.2) is 0 Å². The van der Waals surface area contributed by atoms with E-state index in [0.717, 1.165) is 22.2 Å². The zero-order valence-corrected chi connectivity index (χ0v) is 17.1. The molecule has 4 rings (SSSR count). The van der Waals surface area contributed by atoms with Crippen LogP contribution in [0.1, 0.15) is 11.6 Å². The largest absolute Gasteiger partial charge is 0.480 e. The summed E-state index contributed by atoms with van der Waals surface area (Å²) in [6.45, 7) is 2.63. The summed E-state index contributed by atoms with van der Waals surface area (Å²) in [6, 6.07) is 10.3. The summed E-state index contributed by atoms with van der Waals surface area (Å²) in [6.07, 6.45) is 1.77. The molecule has 8 heteroatoms. The number of carbonyl (C=O) groups is 1. The second-order valence-corrected chi connectivity index (χ2v) is 8.05. The van der Waals surface area contributed by atoms with Gasteiger partial charge >= 0.3 is 5.97 Å². The molecule has 1 aliphatic rings. The number of hydrogen-bond acceptors (Lipinski definition) is 3. The van der Waals surface area contributed by atoms with Crippen LogP contribution in [0.4, 0.5) is 5.69 Å². The lowest BCUT2D eigenvalue weighted by atomic mass is 10.0. The highest BCUT2D eigenvalue weighted by atomic mass is 35.5. The first-order valence-corrected chi connectivity index (χ1v) is 10.0. The summed E-state index contributed by atoms with van der Waals surface area (Å²) in [5, 5.41) is 12.4. The average molecular weight is 439 g/mol. The summed E-state index contributed by atoms with van der Waals surface area (Å²) in [5.74, 6) is -0.871. The summed E-state index contributed by atoms with van der Waals surface area (Å²) in [4.78, 5) is 19.4. The van der Waals surface area contributed by atoms with Crippen LogP contribution in [0, 0.1) is 0 Å². The van der Waals surface area contributed by atoms with E-state index in [-0.39, 0.29) is 0 Å². The smallest absolute Gasteiger partial charge is 0.325 e. The fourth-order valence-corrected chi connectivity index (χ4v) is 4.21. The van der Waals surface area contributed by atoms with Crippen LogP contribution in [0.3, 0.4) is 0 Å². The Labute approximate surface area is 177 Å². The van der Waals surface area contributed by atoms with Crippen molar-refractivity contribution in [3.8, 4) is 0 Å². The number of nitrogens with zero attached hydrogens (tertiary/aromatic N) is 2. The molecule has 28 heavy (non-hydrogen) atoms. The van der Waals surface area contributed by atoms with Crippen LogP contribution in [0.15, 0.2) is 42.6 Å². The molecular weight excluding hydrogens is 421 g/mol. The van der Waals surface area contributed by atoms with E-state index in [1.165, 1.54) is 0 Å². The fourth-order valence-electron chi connectivity index (χ4n) is 3.75. The monoisotopic (exact) mass is 437 g/mol. The van der Waals surface area contributed by atoms with Gasteiger partial charge in [0, 0.05) is 59.6 Å². The predicted molar refractivity (Wildman–Crippen MR) is 114 cm³/mol. The number of aromatic amines is 1. The molecular formula is C20H18Cl3N3O2. The molecule has 0 bridgehead atoms. The average Bonchev–Trinajstić information content (AvgIpc) is 3.07. The van der Waals surface area contributed by atoms with Crippen molar-refractivity contribution < 1.29 is 9.90 Å². The first-order chi connectivity index (χ1) is 13.4. The number of H-pyrrole nitrogens is 1. The highest BCUT2D eigenvalue weighted by Gasteiger charge is 2.32. The van der Waals surface area contributed by atoms with Gasteiger partial charge in [-0.2, -0.15) is 0 Å². The molecule has 146 valence electrons. The summed E-state index contributed by atoms with van der Waals surface area (Å²) < 4.78 is 0. The fraction of sp³-hybridized carbons (Fsp3) is 0.250. The van der Waals surface area contributed by atoms with E-state index in [4.69, 9.17) is 34.8 Å². The number of aromatic nitrogens is 1. The van der Waals surface area contributed by atoms with Gasteiger partial charge in [-0.3, -0.25) is 9.69 Å². The molecule has 1 atom stereocenters. The number of hydrogen-bond donors (Lipinski definition) is 2. The van der Waals surface area contributed by atoms with Gasteiger partial charge in [0.1, 0.15) is 6.04 Å². The molecule has 2 aromatic carbocycles. The molecule has 0 spiro atoms. The standard InChI is InChI=1S/C20H18Cl3N3O2/c21-12-1-4-18-14(9-12)15(11-24-18)19(20(27)28)26-7-5-25(6-8-26)13-2-3-16(22)17(23)10-13/h1-4,9-11,19,24H,5-8H2,(H,27,28)/t19-/m0/s1. The minimum absolute atomic E-state index is 0.515. The number of carboxylic acids is 1. The van der Waals surface area contributed by atoms with Crippen molar-refractivity contribution in [2.45, 2.75) is 6.04 Å². The van der Waals surface area contributed by atoms with E-state index in [1.807, 2.05) is 29.2 Å². The van der Waals surface area contributed by atoms with Crippen LogP contribution in [0.25, 0.3) is 10.9 Å². The van der Waals surface area contributed by atoms with Gasteiger partial charge in [0.2, 0.25) is 0 Å². The van der Waals surface area contributed by atoms with Crippen LogP contribution in [-0.2, 0) is 4.79 Å². The van der Waals surface area contributed by atoms with Crippen molar-refractivity contribution in [1.29, 1.82) is 0 Å². The van der Waals surface area contributed by atoms with Crippen molar-refractivity contribution in [1.82, 2.24) is 9.88 Å². The zero-order chi connectivity index (χ0) is 19.8. The number of piperazine rings is 1. The maximum absolute atomic E-state index is 12.1. The number of rotatable bonds is 4. The van der Waals surface area contributed by atoms with E-state index in [0.29, 0.717) is 41.2 Å². The highest BCUT2D eigenvalue weighted by Crippen LogP contribution is 2.32. The SMILES string of the molecule is O=C(O)[C@H](c1c[nH]c2ccc(Cl)cc12)N1CCN(c2ccc(Cl)c(Cl)c2)CC1. The molecule has 2 N–H and O–H groups in total. The van der Waals surface area contributed by atoms with E-state index < -0.39 is 12.0 Å². The molecule has 0 saturated carbocycles. The molecule has 5 nitrogen and oxygen atoms in total. The number of aliphatic carboxylic acids is 1. The normalized spacial score (nSPS) is 16.5. The maximum Gasteiger partial charge on any atom is 0.325 e. The molecule has 1 aliphatic heterocycles. The molecule has 0 aliphatic carbocycles. The molecule has 0 unspecified atom stereocenters. The molecule has 1 fully saturated rings. The Balaban J connectivity index is 1.56. The third-order valence-corrected chi connectivity index (χ3v) is 6.13. The Kier molecular flexibility index (Phi) is 5.43. The summed E-state index contributed by atoms with van der Waals surface area (Å²) in [5.41, 5.74) is 2.59. The Morgan fingerprint density at radius 1 is 1.00 bits per heavy atom. The molecule has 1 aromatic heterocycles. The van der Waals surface area contributed by atoms with Crippen LogP contribution < -0.4 is 4.90 Å². The minimum Gasteiger partial charge on any atom is -0.480 e. The number of anilines is 1. The van der Waals surface area contributed by atoms with Gasteiger partial charge in [0.25, 0.3) is 0 Å². The van der Waals surface area contributed by atoms with Gasteiger partial charge in [-0.25, -0.2) is 0 Å². The van der Waals surface area contributed by atoms with E-state index in [9.17, 15) is 9.90 Å². The van der Waals surface area contributed by atoms with E-state index in [1.54, 1.807) is 18.3 Å². The number of fused-ring (bicyclic) bond motifs is 1. The van der Waals surface area contributed by atoms with Crippen LogP contribution in [-0.4, -0.2) is 47.1 Å². The number of halogens is 3. The van der Waals surface area contributed by atoms with Gasteiger partial charge in [-0.05, 0) is 36.4 Å². The third kappa shape index (κ3) is 3.67. The van der Waals surface area contributed by atoms with Gasteiger partial charge in [-0.15, -0.1) is 0 Å². The van der Waals surface area contributed by atoms with E-state index >= 15 is 0 Å². The van der Waals surface area contributed by atoms with Gasteiger partial charge in [0.05, 0.1) is 10.0 Å². The third-order valence-electron chi connectivity index (χ3n) is 5.15. The number of carboxylic acid groups (broad SMARTS) is 1. The second-order valence-electron chi connectivity index (χ2n) is 6.80. The Bertz CT molecular complexity index is 1030. The lowest BCUT2D eigenvalue weighted by molar-refractivity contribution is -0.143. The van der Waals surface area contributed by atoms with E-state index in [2.05, 4.69) is 9.88 Å². The minimum atomic E-state index is -0.871. The Morgan fingerprint density at radius 2 is 1.75 bits per heavy atom. The molecule has 3 aromatic rings. The van der Waals surface area contributed by atoms with Crippen molar-refractivity contribution in [3.05, 3.63) is 63.2 Å².